The topological polar surface area (TPSA) is 47.6 Å². The Morgan fingerprint density at radius 2 is 2.25 bits per heavy atom. The lowest BCUT2D eigenvalue weighted by Crippen LogP contribution is -2.04. The monoisotopic (exact) mass is 154 g/mol. The highest BCUT2D eigenvalue weighted by Gasteiger charge is 2.38. The lowest BCUT2D eigenvalue weighted by Gasteiger charge is -2.01. The lowest BCUT2D eigenvalue weighted by molar-refractivity contribution is 1.08. The van der Waals surface area contributed by atoms with Gasteiger partial charge in [0.05, 0.1) is 12.0 Å². The van der Waals surface area contributed by atoms with Gasteiger partial charge >= 0.3 is 17.6 Å². The van der Waals surface area contributed by atoms with Gasteiger partial charge in [-0.15, -0.1) is 5.26 Å². The molecule has 0 aliphatic heterocycles. The molecule has 0 atom stereocenters. The standard InChI is InChI=1S/C10H6N2/c1-7-3-8(2)10(6-12)4-9(7)5-11/h1,4H,2-3H2/q+2. The molecule has 0 amide bonds. The molecule has 0 saturated carbocycles. The van der Waals surface area contributed by atoms with E-state index >= 15 is 0 Å². The van der Waals surface area contributed by atoms with Gasteiger partial charge in [0.2, 0.25) is 0 Å². The molecule has 2 heteroatoms. The molecule has 12 heavy (non-hydrogen) atoms. The molecule has 2 nitrogen and oxygen atoms in total. The van der Waals surface area contributed by atoms with E-state index in [1.807, 2.05) is 12.1 Å². The molecule has 0 aromatic rings. The third-order valence-electron chi connectivity index (χ3n) is 1.66. The van der Waals surface area contributed by atoms with Crippen LogP contribution < -0.4 is 0 Å². The highest BCUT2D eigenvalue weighted by molar-refractivity contribution is 5.57. The second-order valence-corrected chi connectivity index (χ2v) is 2.50. The van der Waals surface area contributed by atoms with Gasteiger partial charge in [0.15, 0.2) is 0 Å². The SMILES string of the molecule is [CH+]=C1CC(=C)C(C#N)=C[C+]1C#N. The highest BCUT2D eigenvalue weighted by Crippen LogP contribution is 2.30. The van der Waals surface area contributed by atoms with Crippen molar-refractivity contribution >= 4 is 0 Å². The fourth-order valence-corrected chi connectivity index (χ4v) is 0.975. The molecule has 54 valence electrons. The minimum Gasteiger partial charge on any atom is -0.192 e. The van der Waals surface area contributed by atoms with Crippen LogP contribution in [0.3, 0.4) is 0 Å². The second kappa shape index (κ2) is 2.93. The van der Waals surface area contributed by atoms with Crippen LogP contribution in [0.15, 0.2) is 29.4 Å². The van der Waals surface area contributed by atoms with Crippen molar-refractivity contribution in [3.63, 3.8) is 0 Å². The van der Waals surface area contributed by atoms with Crippen molar-refractivity contribution in [1.29, 1.82) is 10.5 Å². The first-order chi connectivity index (χ1) is 5.69. The van der Waals surface area contributed by atoms with Gasteiger partial charge in [0.25, 0.3) is 6.58 Å². The van der Waals surface area contributed by atoms with Crippen molar-refractivity contribution in [2.75, 3.05) is 0 Å². The Balaban J connectivity index is 3.07. The minimum absolute atomic E-state index is 0.374. The van der Waals surface area contributed by atoms with Crippen LogP contribution in [0.4, 0.5) is 0 Å². The molecule has 0 unspecified atom stereocenters. The summed E-state index contributed by atoms with van der Waals surface area (Å²) in [6, 6.07) is 3.88. The van der Waals surface area contributed by atoms with Crippen LogP contribution in [0, 0.1) is 35.2 Å². The van der Waals surface area contributed by atoms with E-state index in [4.69, 9.17) is 17.1 Å². The summed E-state index contributed by atoms with van der Waals surface area (Å²) in [7, 11) is 0. The van der Waals surface area contributed by atoms with Crippen LogP contribution in [0.2, 0.25) is 0 Å². The zero-order valence-electron chi connectivity index (χ0n) is 6.46. The van der Waals surface area contributed by atoms with Crippen molar-refractivity contribution in [3.05, 3.63) is 41.9 Å². The van der Waals surface area contributed by atoms with Crippen molar-refractivity contribution in [3.8, 4) is 12.1 Å². The summed E-state index contributed by atoms with van der Waals surface area (Å²) >= 11 is 0. The van der Waals surface area contributed by atoms with E-state index in [1.165, 1.54) is 6.08 Å². The molecule has 0 spiro atoms. The molecule has 0 radical (unpaired) electrons. The van der Waals surface area contributed by atoms with Crippen molar-refractivity contribution < 1.29 is 0 Å². The minimum atomic E-state index is 0.374. The molecule has 1 aliphatic rings. The molecular formula is C10H6N2+2. The summed E-state index contributed by atoms with van der Waals surface area (Å²) in [6.07, 6.45) is 1.89. The molecule has 1 aliphatic carbocycles. The van der Waals surface area contributed by atoms with E-state index in [9.17, 15) is 0 Å². The van der Waals surface area contributed by atoms with E-state index in [2.05, 4.69) is 6.58 Å². The summed E-state index contributed by atoms with van der Waals surface area (Å²) in [5.41, 5.74) is 1.61. The van der Waals surface area contributed by atoms with Gasteiger partial charge in [-0.2, -0.15) is 5.26 Å². The first-order valence-corrected chi connectivity index (χ1v) is 3.37. The molecule has 0 aromatic carbocycles. The Hall–Kier alpha value is -2.02. The van der Waals surface area contributed by atoms with Gasteiger partial charge < -0.3 is 0 Å². The maximum Gasteiger partial charge on any atom is 0.362 e. The van der Waals surface area contributed by atoms with Gasteiger partial charge in [0.1, 0.15) is 12.1 Å². The van der Waals surface area contributed by atoms with Crippen molar-refractivity contribution in [2.24, 2.45) is 0 Å². The predicted molar refractivity (Wildman–Crippen MR) is 44.1 cm³/mol. The van der Waals surface area contributed by atoms with Crippen molar-refractivity contribution in [1.82, 2.24) is 0 Å². The average Bonchev–Trinajstić information content (AvgIpc) is 2.05. The Kier molecular flexibility index (Phi) is 1.97. The third kappa shape index (κ3) is 1.20. The summed E-state index contributed by atoms with van der Waals surface area (Å²) in [5.74, 6) is 0.374. The van der Waals surface area contributed by atoms with E-state index in [-0.39, 0.29) is 0 Å². The predicted octanol–water partition coefficient (Wildman–Crippen LogP) is 1.85. The number of nitrogens with zero attached hydrogens (tertiary/aromatic N) is 2. The van der Waals surface area contributed by atoms with Gasteiger partial charge in [0, 0.05) is 0 Å². The fourth-order valence-electron chi connectivity index (χ4n) is 0.975. The molecular weight excluding hydrogens is 148 g/mol. The zero-order valence-corrected chi connectivity index (χ0v) is 6.46. The molecule has 0 aromatic heterocycles. The number of hydrogen-bond acceptors (Lipinski definition) is 2. The van der Waals surface area contributed by atoms with E-state index in [0.29, 0.717) is 29.1 Å². The van der Waals surface area contributed by atoms with Crippen LogP contribution in [-0.2, 0) is 0 Å². The molecule has 0 N–H and O–H groups in total. The quantitative estimate of drug-likeness (QED) is 0.500. The maximum atomic E-state index is 8.61. The number of nitriles is 2. The molecule has 0 saturated heterocycles. The average molecular weight is 154 g/mol. The van der Waals surface area contributed by atoms with Crippen LogP contribution in [0.25, 0.3) is 0 Å². The lowest BCUT2D eigenvalue weighted by atomic mass is 9.85. The second-order valence-electron chi connectivity index (χ2n) is 2.50. The van der Waals surface area contributed by atoms with Crippen LogP contribution >= 0.6 is 0 Å². The van der Waals surface area contributed by atoms with Gasteiger partial charge in [-0.3, -0.25) is 0 Å². The van der Waals surface area contributed by atoms with Crippen LogP contribution in [0.1, 0.15) is 6.42 Å². The smallest absolute Gasteiger partial charge is 0.192 e. The first kappa shape index (κ1) is 8.08. The van der Waals surface area contributed by atoms with Crippen LogP contribution in [0.5, 0.6) is 0 Å². The molecule has 1 rings (SSSR count). The summed E-state index contributed by atoms with van der Waals surface area (Å²) in [6.45, 7) is 9.21. The Labute approximate surface area is 71.7 Å². The highest BCUT2D eigenvalue weighted by atomic mass is 14.3. The largest absolute Gasteiger partial charge is 0.362 e. The van der Waals surface area contributed by atoms with Crippen LogP contribution in [-0.4, -0.2) is 0 Å². The van der Waals surface area contributed by atoms with Crippen molar-refractivity contribution in [2.45, 2.75) is 6.42 Å². The first-order valence-electron chi connectivity index (χ1n) is 3.37. The fraction of sp³-hybridized carbons (Fsp3) is 0.100. The van der Waals surface area contributed by atoms with Gasteiger partial charge in [-0.25, -0.2) is 0 Å². The van der Waals surface area contributed by atoms with E-state index in [0.717, 1.165) is 0 Å². The molecule has 0 bridgehead atoms. The molecule has 0 fully saturated rings. The maximum absolute atomic E-state index is 8.61. The Morgan fingerprint density at radius 1 is 1.58 bits per heavy atom. The summed E-state index contributed by atoms with van der Waals surface area (Å²) < 4.78 is 0. The van der Waals surface area contributed by atoms with Gasteiger partial charge in [-0.1, -0.05) is 6.58 Å². The number of allylic oxidation sites excluding steroid dienone is 4. The third-order valence-corrected chi connectivity index (χ3v) is 1.66. The molecule has 0 heterocycles. The van der Waals surface area contributed by atoms with E-state index < -0.39 is 0 Å². The Bertz CT molecular complexity index is 347. The number of hydrogen-bond donors (Lipinski definition) is 0. The van der Waals surface area contributed by atoms with E-state index in [1.54, 1.807) is 0 Å². The number of rotatable bonds is 0. The summed E-state index contributed by atoms with van der Waals surface area (Å²) in [4.78, 5) is 0. The zero-order chi connectivity index (χ0) is 9.14. The van der Waals surface area contributed by atoms with Gasteiger partial charge in [-0.05, 0) is 5.57 Å². The summed E-state index contributed by atoms with van der Waals surface area (Å²) in [5, 5.41) is 17.2. The normalized spacial score (nSPS) is 16.4. The Morgan fingerprint density at radius 3 is 2.75 bits per heavy atom.